The van der Waals surface area contributed by atoms with E-state index < -0.39 is 6.55 Å². The van der Waals surface area contributed by atoms with Gasteiger partial charge in [-0.2, -0.15) is 8.78 Å². The lowest BCUT2D eigenvalue weighted by Crippen LogP contribution is -2.27. The fourth-order valence-electron chi connectivity index (χ4n) is 2.07. The van der Waals surface area contributed by atoms with Gasteiger partial charge in [0, 0.05) is 25.5 Å². The number of rotatable bonds is 5. The van der Waals surface area contributed by atoms with Gasteiger partial charge in [-0.05, 0) is 19.3 Å². The lowest BCUT2D eigenvalue weighted by molar-refractivity contribution is 0.0664. The quantitative estimate of drug-likeness (QED) is 0.859. The molecule has 1 aromatic heterocycles. The summed E-state index contributed by atoms with van der Waals surface area (Å²) in [5.41, 5.74) is 0. The van der Waals surface area contributed by atoms with Crippen LogP contribution in [-0.4, -0.2) is 28.8 Å². The first-order valence-electron chi connectivity index (χ1n) is 5.80. The molecule has 0 bridgehead atoms. The van der Waals surface area contributed by atoms with Gasteiger partial charge in [0.25, 0.3) is 0 Å². The third-order valence-electron chi connectivity index (χ3n) is 3.18. The Morgan fingerprint density at radius 1 is 1.65 bits per heavy atom. The highest BCUT2D eigenvalue weighted by Gasteiger charge is 2.23. The zero-order valence-electron chi connectivity index (χ0n) is 9.77. The van der Waals surface area contributed by atoms with Gasteiger partial charge in [0.05, 0.1) is 12.6 Å². The van der Waals surface area contributed by atoms with Gasteiger partial charge in [-0.3, -0.25) is 4.57 Å². The summed E-state index contributed by atoms with van der Waals surface area (Å²) >= 11 is 0. The minimum absolute atomic E-state index is 0.248. The van der Waals surface area contributed by atoms with Gasteiger partial charge < -0.3 is 10.1 Å². The molecule has 0 spiro atoms. The molecule has 0 radical (unpaired) electrons. The summed E-state index contributed by atoms with van der Waals surface area (Å²) in [5.74, 6) is 0.830. The van der Waals surface area contributed by atoms with E-state index in [0.717, 1.165) is 24.1 Å². The summed E-state index contributed by atoms with van der Waals surface area (Å²) in [5, 5.41) is 3.16. The fourth-order valence-corrected chi connectivity index (χ4v) is 2.07. The average molecular weight is 245 g/mol. The third-order valence-corrected chi connectivity index (χ3v) is 3.18. The Hall–Kier alpha value is -1.01. The highest BCUT2D eigenvalue weighted by molar-refractivity contribution is 4.92. The molecule has 2 heterocycles. The summed E-state index contributed by atoms with van der Waals surface area (Å²) in [6.07, 6.45) is 3.96. The van der Waals surface area contributed by atoms with Gasteiger partial charge in [-0.1, -0.05) is 0 Å². The normalized spacial score (nSPS) is 24.7. The number of nitrogens with one attached hydrogen (secondary N) is 1. The third kappa shape index (κ3) is 3.01. The molecule has 2 atom stereocenters. The molecule has 1 aliphatic rings. The predicted octanol–water partition coefficient (Wildman–Crippen LogP) is 1.79. The van der Waals surface area contributed by atoms with Crippen LogP contribution in [0.1, 0.15) is 25.7 Å². The van der Waals surface area contributed by atoms with E-state index in [2.05, 4.69) is 10.3 Å². The van der Waals surface area contributed by atoms with Crippen LogP contribution in [0.3, 0.4) is 0 Å². The van der Waals surface area contributed by atoms with E-state index in [0.29, 0.717) is 18.3 Å². The van der Waals surface area contributed by atoms with Gasteiger partial charge in [0.15, 0.2) is 0 Å². The monoisotopic (exact) mass is 245 g/mol. The Bertz CT molecular complexity index is 356. The van der Waals surface area contributed by atoms with Gasteiger partial charge >= 0.3 is 6.55 Å². The molecule has 17 heavy (non-hydrogen) atoms. The summed E-state index contributed by atoms with van der Waals surface area (Å²) in [4.78, 5) is 3.91. The van der Waals surface area contributed by atoms with Crippen LogP contribution in [0, 0.1) is 5.92 Å². The van der Waals surface area contributed by atoms with Crippen molar-refractivity contribution >= 4 is 0 Å². The van der Waals surface area contributed by atoms with Crippen molar-refractivity contribution in [2.75, 3.05) is 13.2 Å². The molecule has 1 N–H and O–H groups in total. The number of alkyl halides is 2. The minimum Gasteiger partial charge on any atom is -0.378 e. The molecular weight excluding hydrogens is 228 g/mol. The number of hydrogen-bond donors (Lipinski definition) is 1. The molecule has 96 valence electrons. The van der Waals surface area contributed by atoms with Gasteiger partial charge in [-0.25, -0.2) is 4.98 Å². The van der Waals surface area contributed by atoms with Crippen molar-refractivity contribution in [1.29, 1.82) is 0 Å². The molecule has 0 amide bonds. The van der Waals surface area contributed by atoms with Gasteiger partial charge in [0.2, 0.25) is 0 Å². The maximum absolute atomic E-state index is 12.5. The topological polar surface area (TPSA) is 39.1 Å². The SMILES string of the molecule is CC1OCCC1CNCc1nccn1C(F)F. The molecule has 1 fully saturated rings. The number of nitrogens with zero attached hydrogens (tertiary/aromatic N) is 2. The first-order chi connectivity index (χ1) is 8.18. The summed E-state index contributed by atoms with van der Waals surface area (Å²) in [6, 6.07) is 0. The molecule has 1 saturated heterocycles. The molecule has 2 unspecified atom stereocenters. The lowest BCUT2D eigenvalue weighted by Gasteiger charge is -2.14. The number of hydrogen-bond acceptors (Lipinski definition) is 3. The molecule has 2 rings (SSSR count). The van der Waals surface area contributed by atoms with E-state index in [-0.39, 0.29) is 6.10 Å². The maximum Gasteiger partial charge on any atom is 0.319 e. The molecule has 0 aromatic carbocycles. The van der Waals surface area contributed by atoms with E-state index >= 15 is 0 Å². The molecule has 0 aliphatic carbocycles. The largest absolute Gasteiger partial charge is 0.378 e. The van der Waals surface area contributed by atoms with E-state index in [4.69, 9.17) is 4.74 Å². The first kappa shape index (κ1) is 12.4. The molecule has 1 aliphatic heterocycles. The summed E-state index contributed by atoms with van der Waals surface area (Å²) in [7, 11) is 0. The van der Waals surface area contributed by atoms with Crippen LogP contribution < -0.4 is 5.32 Å². The number of aromatic nitrogens is 2. The molecule has 1 aromatic rings. The molecule has 4 nitrogen and oxygen atoms in total. The van der Waals surface area contributed by atoms with Crippen LogP contribution in [-0.2, 0) is 11.3 Å². The number of halogens is 2. The predicted molar refractivity (Wildman–Crippen MR) is 58.7 cm³/mol. The highest BCUT2D eigenvalue weighted by Crippen LogP contribution is 2.19. The smallest absolute Gasteiger partial charge is 0.319 e. The van der Waals surface area contributed by atoms with Crippen LogP contribution >= 0.6 is 0 Å². The second-order valence-electron chi connectivity index (χ2n) is 4.28. The van der Waals surface area contributed by atoms with E-state index in [1.54, 1.807) is 0 Å². The van der Waals surface area contributed by atoms with Crippen LogP contribution in [0.2, 0.25) is 0 Å². The van der Waals surface area contributed by atoms with E-state index in [1.165, 1.54) is 12.4 Å². The number of ether oxygens (including phenoxy) is 1. The number of imidazole rings is 1. The zero-order chi connectivity index (χ0) is 12.3. The van der Waals surface area contributed by atoms with E-state index in [9.17, 15) is 8.78 Å². The van der Waals surface area contributed by atoms with Crippen LogP contribution in [0.25, 0.3) is 0 Å². The minimum atomic E-state index is -2.52. The van der Waals surface area contributed by atoms with Crippen LogP contribution in [0.5, 0.6) is 0 Å². The second kappa shape index (κ2) is 5.55. The van der Waals surface area contributed by atoms with Gasteiger partial charge in [0.1, 0.15) is 5.82 Å². The molecule has 6 heteroatoms. The van der Waals surface area contributed by atoms with Crippen molar-refractivity contribution in [3.8, 4) is 0 Å². The second-order valence-corrected chi connectivity index (χ2v) is 4.28. The fraction of sp³-hybridized carbons (Fsp3) is 0.727. The van der Waals surface area contributed by atoms with Crippen molar-refractivity contribution in [3.05, 3.63) is 18.2 Å². The van der Waals surface area contributed by atoms with Crippen molar-refractivity contribution in [2.24, 2.45) is 5.92 Å². The Kier molecular flexibility index (Phi) is 4.06. The van der Waals surface area contributed by atoms with Gasteiger partial charge in [-0.15, -0.1) is 0 Å². The summed E-state index contributed by atoms with van der Waals surface area (Å²) < 4.78 is 31.4. The Morgan fingerprint density at radius 3 is 3.12 bits per heavy atom. The van der Waals surface area contributed by atoms with Crippen molar-refractivity contribution in [3.63, 3.8) is 0 Å². The van der Waals surface area contributed by atoms with Crippen LogP contribution in [0.4, 0.5) is 8.78 Å². The Balaban J connectivity index is 1.79. The van der Waals surface area contributed by atoms with Crippen molar-refractivity contribution in [1.82, 2.24) is 14.9 Å². The molecular formula is C11H17F2N3O. The van der Waals surface area contributed by atoms with Crippen molar-refractivity contribution in [2.45, 2.75) is 32.5 Å². The summed E-state index contributed by atoms with van der Waals surface area (Å²) in [6.45, 7) is 1.44. The van der Waals surface area contributed by atoms with E-state index in [1.807, 2.05) is 6.92 Å². The molecule has 0 saturated carbocycles. The Morgan fingerprint density at radius 2 is 2.47 bits per heavy atom. The zero-order valence-corrected chi connectivity index (χ0v) is 9.77. The highest BCUT2D eigenvalue weighted by atomic mass is 19.3. The van der Waals surface area contributed by atoms with Crippen LogP contribution in [0.15, 0.2) is 12.4 Å². The lowest BCUT2D eigenvalue weighted by atomic mass is 10.0. The first-order valence-corrected chi connectivity index (χ1v) is 5.80. The standard InChI is InChI=1S/C11H17F2N3O/c1-8-9(2-5-17-8)6-14-7-10-15-3-4-16(10)11(12)13/h3-4,8-9,11,14H,2,5-7H2,1H3. The average Bonchev–Trinajstić information content (AvgIpc) is 2.88. The Labute approximate surface area is 99.0 Å². The van der Waals surface area contributed by atoms with Crippen molar-refractivity contribution < 1.29 is 13.5 Å². The maximum atomic E-state index is 12.5.